The average molecular weight is 208 g/mol. The Morgan fingerprint density at radius 2 is 1.20 bits per heavy atom. The lowest BCUT2D eigenvalue weighted by Gasteiger charge is -2.33. The minimum atomic E-state index is 0.0642. The number of rotatable bonds is 3. The van der Waals surface area contributed by atoms with Crippen LogP contribution in [0, 0.1) is 17.8 Å². The van der Waals surface area contributed by atoms with Gasteiger partial charge in [0, 0.05) is 11.8 Å². The molecule has 0 spiro atoms. The molecule has 1 rings (SSSR count). The fourth-order valence-electron chi connectivity index (χ4n) is 2.39. The number of carbonyl (C=O) groups is 2. The van der Waals surface area contributed by atoms with Gasteiger partial charge < -0.3 is 0 Å². The SMILES string of the molecule is C=C(C)C1CC(C(C)=O)C[C@@H](C(C)=O)C1. The highest BCUT2D eigenvalue weighted by molar-refractivity contribution is 5.82. The van der Waals surface area contributed by atoms with Gasteiger partial charge in [0.15, 0.2) is 0 Å². The predicted octanol–water partition coefficient (Wildman–Crippen LogP) is 2.77. The van der Waals surface area contributed by atoms with Gasteiger partial charge in [-0.1, -0.05) is 12.2 Å². The van der Waals surface area contributed by atoms with Gasteiger partial charge in [-0.3, -0.25) is 9.59 Å². The highest BCUT2D eigenvalue weighted by Gasteiger charge is 2.33. The third-order valence-electron chi connectivity index (χ3n) is 3.55. The first-order valence-electron chi connectivity index (χ1n) is 5.58. The molecular formula is C13H20O2. The van der Waals surface area contributed by atoms with Crippen molar-refractivity contribution in [3.63, 3.8) is 0 Å². The van der Waals surface area contributed by atoms with Crippen LogP contribution >= 0.6 is 0 Å². The van der Waals surface area contributed by atoms with Gasteiger partial charge in [-0.15, -0.1) is 0 Å². The number of hydrogen-bond acceptors (Lipinski definition) is 2. The van der Waals surface area contributed by atoms with Crippen molar-refractivity contribution in [1.82, 2.24) is 0 Å². The maximum atomic E-state index is 11.4. The molecule has 0 bridgehead atoms. The van der Waals surface area contributed by atoms with Gasteiger partial charge in [-0.05, 0) is 46.0 Å². The fraction of sp³-hybridized carbons (Fsp3) is 0.692. The first-order valence-corrected chi connectivity index (χ1v) is 5.58. The van der Waals surface area contributed by atoms with Crippen molar-refractivity contribution in [2.45, 2.75) is 40.0 Å². The van der Waals surface area contributed by atoms with Crippen molar-refractivity contribution in [2.75, 3.05) is 0 Å². The molecule has 3 atom stereocenters. The standard InChI is InChI=1S/C13H20O2/c1-8(2)11-5-12(9(3)14)7-13(6-11)10(4)15/h11-13H,1,5-7H2,2-4H3/t11?,12-,13?/m0/s1. The number of allylic oxidation sites excluding steroid dienone is 1. The highest BCUT2D eigenvalue weighted by atomic mass is 16.1. The third-order valence-corrected chi connectivity index (χ3v) is 3.55. The van der Waals surface area contributed by atoms with Crippen LogP contribution in [0.4, 0.5) is 0 Å². The average Bonchev–Trinajstić information content (AvgIpc) is 2.16. The first-order chi connectivity index (χ1) is 6.91. The van der Waals surface area contributed by atoms with Crippen LogP contribution in [0.5, 0.6) is 0 Å². The van der Waals surface area contributed by atoms with Crippen LogP contribution in [0.1, 0.15) is 40.0 Å². The molecule has 2 unspecified atom stereocenters. The molecule has 0 N–H and O–H groups in total. The minimum Gasteiger partial charge on any atom is -0.300 e. The van der Waals surface area contributed by atoms with Crippen molar-refractivity contribution >= 4 is 11.6 Å². The summed E-state index contributed by atoms with van der Waals surface area (Å²) < 4.78 is 0. The van der Waals surface area contributed by atoms with Crippen LogP contribution < -0.4 is 0 Å². The Morgan fingerprint density at radius 3 is 1.47 bits per heavy atom. The second-order valence-electron chi connectivity index (χ2n) is 4.87. The Kier molecular flexibility index (Phi) is 3.83. The number of Topliss-reactive ketones (excluding diaryl/α,β-unsaturated/α-hetero) is 2. The molecule has 0 aromatic carbocycles. The van der Waals surface area contributed by atoms with E-state index in [0.717, 1.165) is 24.8 Å². The summed E-state index contributed by atoms with van der Waals surface area (Å²) in [6.07, 6.45) is 2.51. The Bertz CT molecular complexity index is 237. The normalized spacial score (nSPS) is 31.0. The van der Waals surface area contributed by atoms with Crippen molar-refractivity contribution in [3.05, 3.63) is 12.2 Å². The van der Waals surface area contributed by atoms with Crippen LogP contribution in [-0.4, -0.2) is 11.6 Å². The molecule has 0 aromatic heterocycles. The van der Waals surface area contributed by atoms with E-state index in [9.17, 15) is 9.59 Å². The van der Waals surface area contributed by atoms with Gasteiger partial charge in [-0.25, -0.2) is 0 Å². The lowest BCUT2D eigenvalue weighted by molar-refractivity contribution is -0.126. The molecule has 0 aromatic rings. The Hall–Kier alpha value is -0.920. The minimum absolute atomic E-state index is 0.0642. The van der Waals surface area contributed by atoms with Crippen molar-refractivity contribution < 1.29 is 9.59 Å². The Balaban J connectivity index is 2.77. The maximum Gasteiger partial charge on any atom is 0.132 e. The number of ketones is 2. The van der Waals surface area contributed by atoms with E-state index in [1.165, 1.54) is 0 Å². The van der Waals surface area contributed by atoms with E-state index in [4.69, 9.17) is 0 Å². The van der Waals surface area contributed by atoms with Crippen molar-refractivity contribution in [3.8, 4) is 0 Å². The molecular weight excluding hydrogens is 188 g/mol. The summed E-state index contributed by atoms with van der Waals surface area (Å²) in [4.78, 5) is 22.8. The summed E-state index contributed by atoms with van der Waals surface area (Å²) in [6.45, 7) is 9.19. The number of hydrogen-bond donors (Lipinski definition) is 0. The molecule has 1 aliphatic rings. The summed E-state index contributed by atoms with van der Waals surface area (Å²) in [5, 5.41) is 0. The van der Waals surface area contributed by atoms with Crippen LogP contribution in [0.15, 0.2) is 12.2 Å². The molecule has 84 valence electrons. The van der Waals surface area contributed by atoms with Crippen molar-refractivity contribution in [2.24, 2.45) is 17.8 Å². The smallest absolute Gasteiger partial charge is 0.132 e. The van der Waals surface area contributed by atoms with E-state index in [2.05, 4.69) is 6.58 Å². The Morgan fingerprint density at radius 1 is 0.867 bits per heavy atom. The highest BCUT2D eigenvalue weighted by Crippen LogP contribution is 2.37. The predicted molar refractivity (Wildman–Crippen MR) is 60.5 cm³/mol. The molecule has 1 saturated carbocycles. The van der Waals surface area contributed by atoms with Gasteiger partial charge in [0.2, 0.25) is 0 Å². The third kappa shape index (κ3) is 3.01. The fourth-order valence-corrected chi connectivity index (χ4v) is 2.39. The molecule has 1 aliphatic carbocycles. The van der Waals surface area contributed by atoms with Crippen LogP contribution in [0.2, 0.25) is 0 Å². The molecule has 0 saturated heterocycles. The van der Waals surface area contributed by atoms with Crippen LogP contribution in [0.25, 0.3) is 0 Å². The molecule has 0 aliphatic heterocycles. The zero-order chi connectivity index (χ0) is 11.6. The monoisotopic (exact) mass is 208 g/mol. The van der Waals surface area contributed by atoms with Gasteiger partial charge in [0.1, 0.15) is 11.6 Å². The largest absolute Gasteiger partial charge is 0.300 e. The van der Waals surface area contributed by atoms with Gasteiger partial charge in [0.05, 0.1) is 0 Å². The molecule has 2 heteroatoms. The van der Waals surface area contributed by atoms with E-state index in [0.29, 0.717) is 5.92 Å². The van der Waals surface area contributed by atoms with E-state index in [-0.39, 0.29) is 23.4 Å². The number of carbonyl (C=O) groups excluding carboxylic acids is 2. The summed E-state index contributed by atoms with van der Waals surface area (Å²) in [5.41, 5.74) is 1.10. The lowest BCUT2D eigenvalue weighted by atomic mass is 9.71. The van der Waals surface area contributed by atoms with Gasteiger partial charge >= 0.3 is 0 Å². The Labute approximate surface area is 91.7 Å². The summed E-state index contributed by atoms with van der Waals surface area (Å²) in [6, 6.07) is 0. The molecule has 0 heterocycles. The van der Waals surface area contributed by atoms with E-state index in [1.807, 2.05) is 6.92 Å². The zero-order valence-corrected chi connectivity index (χ0v) is 9.88. The van der Waals surface area contributed by atoms with Gasteiger partial charge in [0.25, 0.3) is 0 Å². The molecule has 1 fully saturated rings. The van der Waals surface area contributed by atoms with Gasteiger partial charge in [-0.2, -0.15) is 0 Å². The van der Waals surface area contributed by atoms with Crippen LogP contribution in [0.3, 0.4) is 0 Å². The second kappa shape index (κ2) is 4.73. The zero-order valence-electron chi connectivity index (χ0n) is 9.88. The molecule has 0 radical (unpaired) electrons. The first kappa shape index (κ1) is 12.2. The summed E-state index contributed by atoms with van der Waals surface area (Å²) in [7, 11) is 0. The molecule has 2 nitrogen and oxygen atoms in total. The van der Waals surface area contributed by atoms with E-state index in [1.54, 1.807) is 13.8 Å². The molecule has 15 heavy (non-hydrogen) atoms. The van der Waals surface area contributed by atoms with Crippen molar-refractivity contribution in [1.29, 1.82) is 0 Å². The van der Waals surface area contributed by atoms with E-state index < -0.39 is 0 Å². The second-order valence-corrected chi connectivity index (χ2v) is 4.87. The lowest BCUT2D eigenvalue weighted by Crippen LogP contribution is -2.30. The van der Waals surface area contributed by atoms with Crippen LogP contribution in [-0.2, 0) is 9.59 Å². The topological polar surface area (TPSA) is 34.1 Å². The summed E-state index contributed by atoms with van der Waals surface area (Å²) >= 11 is 0. The van der Waals surface area contributed by atoms with E-state index >= 15 is 0 Å². The summed E-state index contributed by atoms with van der Waals surface area (Å²) in [5.74, 6) is 0.907. The maximum absolute atomic E-state index is 11.4. The quantitative estimate of drug-likeness (QED) is 0.668. The molecule has 0 amide bonds.